The first-order valence-electron chi connectivity index (χ1n) is 11.7. The van der Waals surface area contributed by atoms with E-state index in [0.29, 0.717) is 24.9 Å². The number of piperidine rings is 1. The number of nitrogens with zero attached hydrogens (tertiary/aromatic N) is 2. The maximum atomic E-state index is 12.6. The fourth-order valence-electron chi connectivity index (χ4n) is 5.01. The minimum absolute atomic E-state index is 0.154. The van der Waals surface area contributed by atoms with E-state index < -0.39 is 10.0 Å². The van der Waals surface area contributed by atoms with Crippen LogP contribution in [0.1, 0.15) is 69.2 Å². The molecule has 0 amide bonds. The molecule has 0 radical (unpaired) electrons. The summed E-state index contributed by atoms with van der Waals surface area (Å²) in [7, 11) is -3.15. The highest BCUT2D eigenvalue weighted by Crippen LogP contribution is 2.38. The second-order valence-corrected chi connectivity index (χ2v) is 11.9. The molecular weight excluding hydrogens is 418 g/mol. The molecule has 1 fully saturated rings. The maximum absolute atomic E-state index is 12.6. The van der Waals surface area contributed by atoms with Gasteiger partial charge in [0.1, 0.15) is 0 Å². The number of sulfonamides is 1. The van der Waals surface area contributed by atoms with E-state index in [2.05, 4.69) is 54.1 Å². The van der Waals surface area contributed by atoms with Gasteiger partial charge in [0.2, 0.25) is 10.0 Å². The van der Waals surface area contributed by atoms with Crippen LogP contribution in [0.2, 0.25) is 0 Å². The number of hydrogen-bond donors (Lipinski definition) is 1. The molecule has 3 heterocycles. The van der Waals surface area contributed by atoms with Gasteiger partial charge >= 0.3 is 0 Å². The number of hydrogen-bond acceptors (Lipinski definition) is 3. The molecule has 1 N–H and O–H groups in total. The summed E-state index contributed by atoms with van der Waals surface area (Å²) in [5.41, 5.74) is 7.16. The Labute approximate surface area is 192 Å². The molecule has 1 saturated heterocycles. The Hall–Kier alpha value is -2.18. The van der Waals surface area contributed by atoms with Crippen LogP contribution < -0.4 is 0 Å². The molecular formula is C26H35N3O2S. The lowest BCUT2D eigenvalue weighted by molar-refractivity contribution is 0.318. The normalized spacial score (nSPS) is 16.5. The quantitative estimate of drug-likeness (QED) is 0.511. The Morgan fingerprint density at radius 1 is 1.09 bits per heavy atom. The van der Waals surface area contributed by atoms with Gasteiger partial charge in [-0.05, 0) is 72.9 Å². The van der Waals surface area contributed by atoms with Crippen molar-refractivity contribution in [3.05, 3.63) is 53.3 Å². The van der Waals surface area contributed by atoms with Crippen molar-refractivity contribution in [2.75, 3.05) is 18.8 Å². The molecule has 0 bridgehead atoms. The van der Waals surface area contributed by atoms with Gasteiger partial charge < -0.3 is 4.98 Å². The molecule has 0 spiro atoms. The summed E-state index contributed by atoms with van der Waals surface area (Å²) in [5, 5.41) is 1.27. The molecule has 0 saturated carbocycles. The summed E-state index contributed by atoms with van der Waals surface area (Å²) >= 11 is 0. The van der Waals surface area contributed by atoms with Crippen LogP contribution in [0.3, 0.4) is 0 Å². The van der Waals surface area contributed by atoms with Crippen LogP contribution in [0.5, 0.6) is 0 Å². The lowest BCUT2D eigenvalue weighted by atomic mass is 9.88. The van der Waals surface area contributed by atoms with Crippen molar-refractivity contribution in [3.63, 3.8) is 0 Å². The van der Waals surface area contributed by atoms with Crippen LogP contribution in [0.25, 0.3) is 22.2 Å². The molecule has 6 heteroatoms. The van der Waals surface area contributed by atoms with E-state index >= 15 is 0 Å². The number of pyridine rings is 1. The zero-order chi connectivity index (χ0) is 23.0. The first kappa shape index (κ1) is 23.0. The lowest BCUT2D eigenvalue weighted by Crippen LogP contribution is -2.40. The Morgan fingerprint density at radius 3 is 2.44 bits per heavy atom. The van der Waals surface area contributed by atoms with E-state index in [9.17, 15) is 8.42 Å². The van der Waals surface area contributed by atoms with Crippen molar-refractivity contribution in [2.24, 2.45) is 5.92 Å². The van der Waals surface area contributed by atoms with Crippen LogP contribution in [-0.2, 0) is 10.0 Å². The highest BCUT2D eigenvalue weighted by molar-refractivity contribution is 7.89. The summed E-state index contributed by atoms with van der Waals surface area (Å²) in [6.45, 7) is 11.7. The third-order valence-electron chi connectivity index (χ3n) is 6.49. The average Bonchev–Trinajstić information content (AvgIpc) is 3.12. The van der Waals surface area contributed by atoms with Crippen LogP contribution in [0.15, 0.2) is 36.5 Å². The van der Waals surface area contributed by atoms with Gasteiger partial charge in [0.15, 0.2) is 0 Å². The van der Waals surface area contributed by atoms with E-state index in [4.69, 9.17) is 0 Å². The summed E-state index contributed by atoms with van der Waals surface area (Å²) in [4.78, 5) is 8.00. The molecule has 2 aromatic heterocycles. The highest BCUT2D eigenvalue weighted by Gasteiger charge is 2.29. The van der Waals surface area contributed by atoms with Crippen molar-refractivity contribution in [2.45, 2.75) is 59.3 Å². The number of nitrogens with one attached hydrogen (secondary N) is 1. The molecule has 1 aliphatic rings. The number of H-pyrrole nitrogens is 1. The van der Waals surface area contributed by atoms with Crippen molar-refractivity contribution in [1.29, 1.82) is 0 Å². The van der Waals surface area contributed by atoms with Crippen LogP contribution in [-0.4, -0.2) is 41.5 Å². The Bertz CT molecular complexity index is 1200. The number of aryl methyl sites for hydroxylation is 1. The minimum atomic E-state index is -3.15. The van der Waals surface area contributed by atoms with Gasteiger partial charge in [0.05, 0.1) is 11.4 Å². The van der Waals surface area contributed by atoms with Crippen LogP contribution in [0, 0.1) is 12.8 Å². The SMILES string of the molecule is Cc1cc(-c2[nH]c3ccc(C4CCN(S(=O)(=O)CC(C)C)CC4)cc3c2C(C)C)ccn1. The van der Waals surface area contributed by atoms with Crippen LogP contribution in [0.4, 0.5) is 0 Å². The molecule has 32 heavy (non-hydrogen) atoms. The predicted octanol–water partition coefficient (Wildman–Crippen LogP) is 5.83. The number of fused-ring (bicyclic) bond motifs is 1. The Morgan fingerprint density at radius 2 is 1.81 bits per heavy atom. The lowest BCUT2D eigenvalue weighted by Gasteiger charge is -2.32. The number of benzene rings is 1. The third kappa shape index (κ3) is 4.62. The standard InChI is InChI=1S/C26H35N3O2S/c1-17(2)16-32(30,31)29-12-9-20(10-13-29)21-6-7-24-23(15-21)25(18(3)4)26(28-24)22-8-11-27-19(5)14-22/h6-8,11,14-15,17-18,20,28H,9-10,12-13,16H2,1-5H3. The van der Waals surface area contributed by atoms with Crippen LogP contribution >= 0.6 is 0 Å². The van der Waals surface area contributed by atoms with Gasteiger partial charge in [-0.15, -0.1) is 0 Å². The van der Waals surface area contributed by atoms with E-state index in [0.717, 1.165) is 24.1 Å². The third-order valence-corrected chi connectivity index (χ3v) is 8.73. The van der Waals surface area contributed by atoms with E-state index in [1.54, 1.807) is 4.31 Å². The maximum Gasteiger partial charge on any atom is 0.214 e. The van der Waals surface area contributed by atoms with Gasteiger partial charge in [0.25, 0.3) is 0 Å². The molecule has 1 aliphatic heterocycles. The average molecular weight is 454 g/mol. The van der Waals surface area contributed by atoms with Gasteiger partial charge in [-0.25, -0.2) is 12.7 Å². The molecule has 0 unspecified atom stereocenters. The molecule has 4 rings (SSSR count). The van der Waals surface area contributed by atoms with Crippen molar-refractivity contribution >= 4 is 20.9 Å². The molecule has 5 nitrogen and oxygen atoms in total. The van der Waals surface area contributed by atoms with E-state index in [1.165, 1.54) is 27.8 Å². The fourth-order valence-corrected chi connectivity index (χ4v) is 6.83. The van der Waals surface area contributed by atoms with Crippen molar-refractivity contribution in [1.82, 2.24) is 14.3 Å². The smallest absolute Gasteiger partial charge is 0.214 e. The highest BCUT2D eigenvalue weighted by atomic mass is 32.2. The number of aromatic nitrogens is 2. The van der Waals surface area contributed by atoms with Gasteiger partial charge in [-0.3, -0.25) is 4.98 Å². The first-order chi connectivity index (χ1) is 15.2. The Kier molecular flexibility index (Phi) is 6.46. The first-order valence-corrected chi connectivity index (χ1v) is 13.3. The van der Waals surface area contributed by atoms with Gasteiger partial charge in [-0.2, -0.15) is 0 Å². The summed E-state index contributed by atoms with van der Waals surface area (Å²) in [6.07, 6.45) is 3.62. The predicted molar refractivity (Wildman–Crippen MR) is 133 cm³/mol. The minimum Gasteiger partial charge on any atom is -0.354 e. The van der Waals surface area contributed by atoms with E-state index in [-0.39, 0.29) is 11.7 Å². The molecule has 3 aromatic rings. The fraction of sp³-hybridized carbons (Fsp3) is 0.500. The summed E-state index contributed by atoms with van der Waals surface area (Å²) in [6, 6.07) is 10.9. The monoisotopic (exact) mass is 453 g/mol. The second kappa shape index (κ2) is 8.99. The summed E-state index contributed by atoms with van der Waals surface area (Å²) < 4.78 is 26.9. The van der Waals surface area contributed by atoms with Crippen molar-refractivity contribution < 1.29 is 8.42 Å². The summed E-state index contributed by atoms with van der Waals surface area (Å²) in [5.74, 6) is 1.17. The van der Waals surface area contributed by atoms with Gasteiger partial charge in [0, 0.05) is 41.4 Å². The second-order valence-electron chi connectivity index (χ2n) is 9.91. The number of aromatic amines is 1. The van der Waals surface area contributed by atoms with Crippen molar-refractivity contribution in [3.8, 4) is 11.3 Å². The number of rotatable bonds is 6. The zero-order valence-electron chi connectivity index (χ0n) is 19.9. The molecule has 0 atom stereocenters. The van der Waals surface area contributed by atoms with Gasteiger partial charge in [-0.1, -0.05) is 33.8 Å². The zero-order valence-corrected chi connectivity index (χ0v) is 20.7. The molecule has 0 aliphatic carbocycles. The van der Waals surface area contributed by atoms with E-state index in [1.807, 2.05) is 27.0 Å². The Balaban J connectivity index is 1.63. The largest absolute Gasteiger partial charge is 0.354 e. The molecule has 172 valence electrons. The topological polar surface area (TPSA) is 66.1 Å². The molecule has 1 aromatic carbocycles.